The van der Waals surface area contributed by atoms with E-state index in [1.165, 1.54) is 6.08 Å². The Kier molecular flexibility index (Phi) is 3.47. The Hall–Kier alpha value is -2.21. The van der Waals surface area contributed by atoms with Crippen LogP contribution in [0.3, 0.4) is 0 Å². The van der Waals surface area contributed by atoms with Crippen LogP contribution in [0.4, 0.5) is 0 Å². The molecule has 0 N–H and O–H groups in total. The average molecular weight is 274 g/mol. The van der Waals surface area contributed by atoms with Gasteiger partial charge in [0.1, 0.15) is 6.10 Å². The van der Waals surface area contributed by atoms with Crippen molar-refractivity contribution in [3.8, 4) is 11.5 Å². The van der Waals surface area contributed by atoms with Crippen molar-refractivity contribution in [2.45, 2.75) is 12.5 Å². The summed E-state index contributed by atoms with van der Waals surface area (Å²) in [6.07, 6.45) is 2.28. The van der Waals surface area contributed by atoms with Gasteiger partial charge in [0, 0.05) is 18.1 Å². The van der Waals surface area contributed by atoms with Crippen LogP contribution in [-0.4, -0.2) is 32.3 Å². The molecule has 0 radical (unpaired) electrons. The molecule has 104 valence electrons. The van der Waals surface area contributed by atoms with Gasteiger partial charge in [-0.3, -0.25) is 4.79 Å². The Labute approximate surface area is 116 Å². The van der Waals surface area contributed by atoms with Gasteiger partial charge in [0.05, 0.1) is 26.0 Å². The van der Waals surface area contributed by atoms with E-state index in [4.69, 9.17) is 14.2 Å². The van der Waals surface area contributed by atoms with E-state index >= 15 is 0 Å². The van der Waals surface area contributed by atoms with Crippen LogP contribution in [0.5, 0.6) is 11.5 Å². The second kappa shape index (κ2) is 5.42. The number of azo groups is 1. The normalized spacial score (nSPS) is 21.1. The van der Waals surface area contributed by atoms with Crippen LogP contribution in [0, 0.1) is 0 Å². The lowest BCUT2D eigenvalue weighted by molar-refractivity contribution is -0.113. The summed E-state index contributed by atoms with van der Waals surface area (Å²) < 4.78 is 16.5. The molecule has 1 amide bonds. The molecule has 0 aromatic heterocycles. The van der Waals surface area contributed by atoms with Crippen molar-refractivity contribution in [3.63, 3.8) is 0 Å². The molecular weight excluding hydrogens is 260 g/mol. The van der Waals surface area contributed by atoms with Crippen LogP contribution in [0.2, 0.25) is 0 Å². The van der Waals surface area contributed by atoms with Crippen LogP contribution >= 0.6 is 0 Å². The largest absolute Gasteiger partial charge is 0.493 e. The van der Waals surface area contributed by atoms with Gasteiger partial charge < -0.3 is 14.2 Å². The van der Waals surface area contributed by atoms with Gasteiger partial charge in [-0.2, -0.15) is 0 Å². The molecular formula is C14H14N2O4. The van der Waals surface area contributed by atoms with Crippen LogP contribution in [0.15, 0.2) is 34.5 Å². The van der Waals surface area contributed by atoms with Gasteiger partial charge in [-0.1, -0.05) is 0 Å². The number of carbonyl (C=O) groups excluding carboxylic acids is 1. The Morgan fingerprint density at radius 1 is 1.30 bits per heavy atom. The summed E-state index contributed by atoms with van der Waals surface area (Å²) in [5, 5.41) is 7.30. The van der Waals surface area contributed by atoms with Gasteiger partial charge >= 0.3 is 0 Å². The van der Waals surface area contributed by atoms with Crippen molar-refractivity contribution >= 4 is 11.6 Å². The fourth-order valence-corrected chi connectivity index (χ4v) is 2.13. The number of methoxy groups -OCH3 is 1. The molecule has 2 heterocycles. The summed E-state index contributed by atoms with van der Waals surface area (Å²) in [6, 6.07) is 5.42. The zero-order chi connectivity index (χ0) is 13.9. The summed E-state index contributed by atoms with van der Waals surface area (Å²) in [6.45, 7) is 1.29. The van der Waals surface area contributed by atoms with Crippen molar-refractivity contribution in [2.24, 2.45) is 10.2 Å². The number of carbonyl (C=O) groups is 1. The highest BCUT2D eigenvalue weighted by molar-refractivity contribution is 5.98. The molecule has 0 aliphatic carbocycles. The summed E-state index contributed by atoms with van der Waals surface area (Å²) in [5.74, 6) is 0.918. The number of benzene rings is 1. The maximum atomic E-state index is 11.1. The van der Waals surface area contributed by atoms with Crippen molar-refractivity contribution in [1.82, 2.24) is 0 Å². The number of amides is 1. The zero-order valence-corrected chi connectivity index (χ0v) is 11.0. The summed E-state index contributed by atoms with van der Waals surface area (Å²) in [4.78, 5) is 11.1. The van der Waals surface area contributed by atoms with Gasteiger partial charge in [-0.25, -0.2) is 0 Å². The Bertz CT molecular complexity index is 589. The van der Waals surface area contributed by atoms with E-state index in [9.17, 15) is 4.79 Å². The first-order valence-corrected chi connectivity index (χ1v) is 6.36. The van der Waals surface area contributed by atoms with Crippen LogP contribution in [-0.2, 0) is 9.53 Å². The van der Waals surface area contributed by atoms with Gasteiger partial charge in [0.25, 0.3) is 5.91 Å². The van der Waals surface area contributed by atoms with Gasteiger partial charge in [0.15, 0.2) is 11.5 Å². The molecule has 3 rings (SSSR count). The van der Waals surface area contributed by atoms with Crippen LogP contribution < -0.4 is 9.47 Å². The first-order valence-electron chi connectivity index (χ1n) is 6.36. The minimum atomic E-state index is -0.345. The monoisotopic (exact) mass is 274 g/mol. The molecule has 2 aliphatic heterocycles. The number of hydrogen-bond donors (Lipinski definition) is 0. The average Bonchev–Trinajstić information content (AvgIpc) is 3.10. The topological polar surface area (TPSA) is 69.5 Å². The minimum Gasteiger partial charge on any atom is -0.493 e. The first-order chi connectivity index (χ1) is 9.76. The third-order valence-corrected chi connectivity index (χ3v) is 3.16. The number of hydrogen-bond acceptors (Lipinski definition) is 5. The molecule has 6 nitrogen and oxygen atoms in total. The molecule has 6 heteroatoms. The molecule has 1 aromatic carbocycles. The molecule has 1 fully saturated rings. The van der Waals surface area contributed by atoms with Gasteiger partial charge in [-0.15, -0.1) is 10.2 Å². The fraction of sp³-hybridized carbons (Fsp3) is 0.357. The molecule has 0 bridgehead atoms. The van der Waals surface area contributed by atoms with Crippen molar-refractivity contribution < 1.29 is 19.0 Å². The lowest BCUT2D eigenvalue weighted by atomic mass is 10.1. The second-order valence-corrected chi connectivity index (χ2v) is 4.54. The molecule has 1 aromatic rings. The predicted molar refractivity (Wildman–Crippen MR) is 70.7 cm³/mol. The highest BCUT2D eigenvalue weighted by atomic mass is 16.6. The van der Waals surface area contributed by atoms with E-state index in [1.807, 2.05) is 6.07 Å². The molecule has 20 heavy (non-hydrogen) atoms. The fourth-order valence-electron chi connectivity index (χ4n) is 2.13. The first kappa shape index (κ1) is 12.8. The standard InChI is InChI=1S/C14H14N2O4/c1-18-12-3-2-9(11-7-14(17)16-15-11)6-13(12)20-10-4-5-19-8-10/h2-3,6-7,10H,4-5,8H2,1H3. The molecule has 0 saturated carbocycles. The smallest absolute Gasteiger partial charge is 0.290 e. The van der Waals surface area contributed by atoms with E-state index in [-0.39, 0.29) is 12.0 Å². The van der Waals surface area contributed by atoms with E-state index in [2.05, 4.69) is 10.2 Å². The SMILES string of the molecule is COc1ccc(C2=CC(=O)N=N2)cc1OC1CCOC1. The highest BCUT2D eigenvalue weighted by Crippen LogP contribution is 2.33. The predicted octanol–water partition coefficient (Wildman–Crippen LogP) is 2.20. The van der Waals surface area contributed by atoms with E-state index in [1.54, 1.807) is 19.2 Å². The van der Waals surface area contributed by atoms with Gasteiger partial charge in [-0.05, 0) is 18.2 Å². The molecule has 2 aliphatic rings. The Balaban J connectivity index is 1.88. The molecule has 1 unspecified atom stereocenters. The third kappa shape index (κ3) is 2.55. The maximum Gasteiger partial charge on any atom is 0.290 e. The lowest BCUT2D eigenvalue weighted by Crippen LogP contribution is -2.16. The summed E-state index contributed by atoms with van der Waals surface area (Å²) in [7, 11) is 1.59. The summed E-state index contributed by atoms with van der Waals surface area (Å²) >= 11 is 0. The van der Waals surface area contributed by atoms with E-state index in [0.29, 0.717) is 30.4 Å². The van der Waals surface area contributed by atoms with Crippen molar-refractivity contribution in [1.29, 1.82) is 0 Å². The van der Waals surface area contributed by atoms with E-state index < -0.39 is 0 Å². The maximum absolute atomic E-state index is 11.1. The highest BCUT2D eigenvalue weighted by Gasteiger charge is 2.20. The second-order valence-electron chi connectivity index (χ2n) is 4.54. The summed E-state index contributed by atoms with van der Waals surface area (Å²) in [5.41, 5.74) is 1.31. The molecule has 1 atom stereocenters. The zero-order valence-electron chi connectivity index (χ0n) is 11.0. The van der Waals surface area contributed by atoms with Crippen molar-refractivity contribution in [2.75, 3.05) is 20.3 Å². The third-order valence-electron chi connectivity index (χ3n) is 3.16. The minimum absolute atomic E-state index is 0.0277. The molecule has 0 spiro atoms. The van der Waals surface area contributed by atoms with Gasteiger partial charge in [0.2, 0.25) is 0 Å². The van der Waals surface area contributed by atoms with Crippen molar-refractivity contribution in [3.05, 3.63) is 29.8 Å². The van der Waals surface area contributed by atoms with Crippen LogP contribution in [0.25, 0.3) is 5.70 Å². The Morgan fingerprint density at radius 3 is 2.85 bits per heavy atom. The lowest BCUT2D eigenvalue weighted by Gasteiger charge is -2.15. The number of nitrogens with zero attached hydrogens (tertiary/aromatic N) is 2. The molecule has 1 saturated heterocycles. The number of ether oxygens (including phenoxy) is 3. The van der Waals surface area contributed by atoms with Crippen LogP contribution in [0.1, 0.15) is 12.0 Å². The Morgan fingerprint density at radius 2 is 2.20 bits per heavy atom. The quantitative estimate of drug-likeness (QED) is 0.844. The number of rotatable bonds is 4. The van der Waals surface area contributed by atoms with E-state index in [0.717, 1.165) is 12.0 Å².